The zero-order valence-corrected chi connectivity index (χ0v) is 13.7. The van der Waals surface area contributed by atoms with E-state index in [1.54, 1.807) is 0 Å². The third-order valence-electron chi connectivity index (χ3n) is 5.06. The van der Waals surface area contributed by atoms with Crippen LogP contribution in [0.15, 0.2) is 16.8 Å². The second-order valence-corrected chi connectivity index (χ2v) is 6.47. The molecule has 2 aromatic rings. The Morgan fingerprint density at radius 2 is 1.96 bits per heavy atom. The van der Waals surface area contributed by atoms with E-state index in [1.165, 1.54) is 19.3 Å². The smallest absolute Gasteiger partial charge is 0.276 e. The minimum absolute atomic E-state index is 0.498. The van der Waals surface area contributed by atoms with Gasteiger partial charge in [0.15, 0.2) is 5.82 Å². The molecule has 0 unspecified atom stereocenters. The van der Waals surface area contributed by atoms with Crippen LogP contribution in [0, 0.1) is 0 Å². The maximum absolute atomic E-state index is 5.49. The standard InChI is InChI=1S/C16H24N6O/c1-2-20-8-10-21(11-9-20)12-15-18-16(23-19-15)14-6-7-17-22(14)13-4-3-5-13/h6-7,13H,2-5,8-12H2,1H3. The summed E-state index contributed by atoms with van der Waals surface area (Å²) in [4.78, 5) is 9.45. The molecular formula is C16H24N6O. The quantitative estimate of drug-likeness (QED) is 0.838. The third kappa shape index (κ3) is 3.03. The highest BCUT2D eigenvalue weighted by Gasteiger charge is 2.25. The number of nitrogens with zero attached hydrogens (tertiary/aromatic N) is 6. The van der Waals surface area contributed by atoms with Gasteiger partial charge in [-0.25, -0.2) is 0 Å². The van der Waals surface area contributed by atoms with Crippen LogP contribution in [0.2, 0.25) is 0 Å². The molecule has 0 aromatic carbocycles. The highest BCUT2D eigenvalue weighted by atomic mass is 16.5. The van der Waals surface area contributed by atoms with E-state index in [0.29, 0.717) is 11.9 Å². The number of rotatable bonds is 5. The van der Waals surface area contributed by atoms with Gasteiger partial charge in [0.2, 0.25) is 0 Å². The van der Waals surface area contributed by atoms with Gasteiger partial charge in [0.25, 0.3) is 5.89 Å². The molecule has 124 valence electrons. The van der Waals surface area contributed by atoms with Gasteiger partial charge in [-0.1, -0.05) is 12.1 Å². The van der Waals surface area contributed by atoms with Gasteiger partial charge in [0, 0.05) is 32.4 Å². The van der Waals surface area contributed by atoms with Crippen LogP contribution in [0.25, 0.3) is 11.6 Å². The van der Waals surface area contributed by atoms with Crippen molar-refractivity contribution in [3.8, 4) is 11.6 Å². The molecule has 1 saturated carbocycles. The molecule has 0 radical (unpaired) electrons. The first-order valence-electron chi connectivity index (χ1n) is 8.64. The highest BCUT2D eigenvalue weighted by Crippen LogP contribution is 2.34. The van der Waals surface area contributed by atoms with Gasteiger partial charge in [-0.2, -0.15) is 10.1 Å². The topological polar surface area (TPSA) is 63.2 Å². The summed E-state index contributed by atoms with van der Waals surface area (Å²) in [6.07, 6.45) is 5.49. The molecule has 7 heteroatoms. The van der Waals surface area contributed by atoms with Crippen molar-refractivity contribution in [3.05, 3.63) is 18.1 Å². The number of likely N-dealkylation sites (N-methyl/N-ethyl adjacent to an activating group) is 1. The largest absolute Gasteiger partial charge is 0.332 e. The molecule has 0 spiro atoms. The molecule has 2 aromatic heterocycles. The normalized spacial score (nSPS) is 20.7. The molecule has 3 heterocycles. The molecule has 1 saturated heterocycles. The average Bonchev–Trinajstić information content (AvgIpc) is 3.16. The van der Waals surface area contributed by atoms with Crippen LogP contribution < -0.4 is 0 Å². The fourth-order valence-electron chi connectivity index (χ4n) is 3.29. The lowest BCUT2D eigenvalue weighted by atomic mass is 9.93. The van der Waals surface area contributed by atoms with Crippen LogP contribution in [0.3, 0.4) is 0 Å². The molecule has 2 aliphatic rings. The van der Waals surface area contributed by atoms with Crippen molar-refractivity contribution >= 4 is 0 Å². The Bertz CT molecular complexity index is 639. The van der Waals surface area contributed by atoms with Crippen molar-refractivity contribution in [2.45, 2.75) is 38.8 Å². The van der Waals surface area contributed by atoms with Gasteiger partial charge < -0.3 is 9.42 Å². The van der Waals surface area contributed by atoms with Gasteiger partial charge in [0.1, 0.15) is 5.69 Å². The maximum Gasteiger partial charge on any atom is 0.276 e. The summed E-state index contributed by atoms with van der Waals surface area (Å²) in [6, 6.07) is 2.47. The van der Waals surface area contributed by atoms with Crippen LogP contribution in [0.5, 0.6) is 0 Å². The van der Waals surface area contributed by atoms with Crippen molar-refractivity contribution in [1.82, 2.24) is 29.7 Å². The van der Waals surface area contributed by atoms with E-state index in [9.17, 15) is 0 Å². The van der Waals surface area contributed by atoms with Crippen molar-refractivity contribution in [2.75, 3.05) is 32.7 Å². The summed E-state index contributed by atoms with van der Waals surface area (Å²) < 4.78 is 7.54. The summed E-state index contributed by atoms with van der Waals surface area (Å²) in [5.74, 6) is 1.36. The Labute approximate surface area is 136 Å². The van der Waals surface area contributed by atoms with Crippen LogP contribution in [0.1, 0.15) is 38.1 Å². The zero-order chi connectivity index (χ0) is 15.6. The van der Waals surface area contributed by atoms with E-state index < -0.39 is 0 Å². The van der Waals surface area contributed by atoms with E-state index in [-0.39, 0.29) is 0 Å². The number of hydrogen-bond donors (Lipinski definition) is 0. The minimum Gasteiger partial charge on any atom is -0.332 e. The van der Waals surface area contributed by atoms with E-state index in [2.05, 4.69) is 32.0 Å². The summed E-state index contributed by atoms with van der Waals surface area (Å²) in [5, 5.41) is 8.60. The predicted molar refractivity (Wildman–Crippen MR) is 85.8 cm³/mol. The predicted octanol–water partition coefficient (Wildman–Crippen LogP) is 1.80. The summed E-state index contributed by atoms with van der Waals surface area (Å²) in [7, 11) is 0. The van der Waals surface area contributed by atoms with Gasteiger partial charge >= 0.3 is 0 Å². The first-order valence-corrected chi connectivity index (χ1v) is 8.64. The Balaban J connectivity index is 1.42. The van der Waals surface area contributed by atoms with Gasteiger partial charge in [0.05, 0.1) is 12.6 Å². The Morgan fingerprint density at radius 1 is 1.17 bits per heavy atom. The minimum atomic E-state index is 0.498. The first-order chi connectivity index (χ1) is 11.3. The number of aromatic nitrogens is 4. The monoisotopic (exact) mass is 316 g/mol. The lowest BCUT2D eigenvalue weighted by Crippen LogP contribution is -2.45. The SMILES string of the molecule is CCN1CCN(Cc2noc(-c3ccnn3C3CCC3)n2)CC1. The number of hydrogen-bond acceptors (Lipinski definition) is 6. The van der Waals surface area contributed by atoms with Crippen molar-refractivity contribution < 1.29 is 4.52 Å². The Morgan fingerprint density at radius 3 is 2.65 bits per heavy atom. The van der Waals surface area contributed by atoms with Crippen LogP contribution in [-0.4, -0.2) is 62.4 Å². The van der Waals surface area contributed by atoms with Crippen LogP contribution in [-0.2, 0) is 6.54 Å². The molecule has 23 heavy (non-hydrogen) atoms. The van der Waals surface area contributed by atoms with Gasteiger partial charge in [-0.3, -0.25) is 9.58 Å². The fourth-order valence-corrected chi connectivity index (χ4v) is 3.29. The zero-order valence-electron chi connectivity index (χ0n) is 13.7. The van der Waals surface area contributed by atoms with Crippen LogP contribution in [0.4, 0.5) is 0 Å². The Hall–Kier alpha value is -1.73. The third-order valence-corrected chi connectivity index (χ3v) is 5.06. The molecule has 2 fully saturated rings. The highest BCUT2D eigenvalue weighted by molar-refractivity contribution is 5.46. The second-order valence-electron chi connectivity index (χ2n) is 6.47. The first kappa shape index (κ1) is 14.8. The second kappa shape index (κ2) is 6.41. The van der Waals surface area contributed by atoms with E-state index in [4.69, 9.17) is 4.52 Å². The van der Waals surface area contributed by atoms with Gasteiger partial charge in [-0.15, -0.1) is 0 Å². The van der Waals surface area contributed by atoms with Crippen molar-refractivity contribution in [2.24, 2.45) is 0 Å². The average molecular weight is 316 g/mol. The van der Waals surface area contributed by atoms with Crippen LogP contribution >= 0.6 is 0 Å². The lowest BCUT2D eigenvalue weighted by Gasteiger charge is -2.33. The molecule has 0 amide bonds. The van der Waals surface area contributed by atoms with Gasteiger partial charge in [-0.05, 0) is 31.9 Å². The molecule has 7 nitrogen and oxygen atoms in total. The summed E-state index contributed by atoms with van der Waals surface area (Å²) >= 11 is 0. The van der Waals surface area contributed by atoms with E-state index in [0.717, 1.165) is 50.8 Å². The molecule has 4 rings (SSSR count). The molecule has 0 atom stereocenters. The van der Waals surface area contributed by atoms with E-state index >= 15 is 0 Å². The summed E-state index contributed by atoms with van der Waals surface area (Å²) in [6.45, 7) is 8.48. The molecule has 0 N–H and O–H groups in total. The van der Waals surface area contributed by atoms with Crippen molar-refractivity contribution in [1.29, 1.82) is 0 Å². The molecule has 0 bridgehead atoms. The van der Waals surface area contributed by atoms with E-state index in [1.807, 2.05) is 16.9 Å². The number of piperazine rings is 1. The fraction of sp³-hybridized carbons (Fsp3) is 0.688. The summed E-state index contributed by atoms with van der Waals surface area (Å²) in [5.41, 5.74) is 0.948. The Kier molecular flexibility index (Phi) is 4.13. The van der Waals surface area contributed by atoms with Crippen molar-refractivity contribution in [3.63, 3.8) is 0 Å². The molecule has 1 aliphatic heterocycles. The molecular weight excluding hydrogens is 292 g/mol. The molecule has 1 aliphatic carbocycles. The maximum atomic E-state index is 5.49. The lowest BCUT2D eigenvalue weighted by molar-refractivity contribution is 0.128.